The van der Waals surface area contributed by atoms with Crippen LogP contribution in [0.15, 0.2) is 0 Å². The highest BCUT2D eigenvalue weighted by atomic mass is 32.2. The Morgan fingerprint density at radius 1 is 1.04 bits per heavy atom. The van der Waals surface area contributed by atoms with Crippen LogP contribution in [0.2, 0.25) is 0 Å². The number of carbonyl (C=O) groups excluding carboxylic acids is 4. The molecule has 0 aromatic carbocycles. The molecule has 0 spiro atoms. The zero-order valence-electron chi connectivity index (χ0n) is 12.9. The third kappa shape index (κ3) is 4.67. The Kier molecular flexibility index (Phi) is 6.44. The first kappa shape index (κ1) is 18.7. The third-order valence-corrected chi connectivity index (χ3v) is 8.16. The van der Waals surface area contributed by atoms with Crippen LogP contribution in [-0.4, -0.2) is 49.9 Å². The summed E-state index contributed by atoms with van der Waals surface area (Å²) in [4.78, 5) is 45.9. The number of hydrogen-bond donors (Lipinski definition) is 3. The zero-order valence-corrected chi connectivity index (χ0v) is 15.4. The van der Waals surface area contributed by atoms with Crippen LogP contribution in [0.5, 0.6) is 0 Å². The fraction of sp³-hybridized carbons (Fsp3) is 0.714. The van der Waals surface area contributed by atoms with Gasteiger partial charge in [0.2, 0.25) is 23.6 Å². The van der Waals surface area contributed by atoms with Crippen LogP contribution < -0.4 is 10.6 Å². The summed E-state index contributed by atoms with van der Waals surface area (Å²) in [5.41, 5.74) is 0. The molecule has 2 unspecified atom stereocenters. The van der Waals surface area contributed by atoms with Gasteiger partial charge in [0.25, 0.3) is 0 Å². The van der Waals surface area contributed by atoms with Crippen molar-refractivity contribution in [2.75, 3.05) is 0 Å². The summed E-state index contributed by atoms with van der Waals surface area (Å²) in [6, 6.07) is 0. The summed E-state index contributed by atoms with van der Waals surface area (Å²) in [6.45, 7) is 3.99. The molecule has 23 heavy (non-hydrogen) atoms. The van der Waals surface area contributed by atoms with Gasteiger partial charge >= 0.3 is 0 Å². The molecule has 0 aliphatic carbocycles. The van der Waals surface area contributed by atoms with Gasteiger partial charge < -0.3 is 0 Å². The predicted molar refractivity (Wildman–Crippen MR) is 94.6 cm³/mol. The van der Waals surface area contributed by atoms with Crippen molar-refractivity contribution in [3.63, 3.8) is 0 Å². The van der Waals surface area contributed by atoms with E-state index in [9.17, 15) is 19.2 Å². The number of rotatable bonds is 7. The van der Waals surface area contributed by atoms with E-state index < -0.39 is 0 Å². The molecule has 9 heteroatoms. The van der Waals surface area contributed by atoms with Crippen molar-refractivity contribution >= 4 is 59.8 Å². The van der Waals surface area contributed by atoms with Crippen LogP contribution in [0.3, 0.4) is 0 Å². The SMILES string of the molecule is CC[C@H](SC1CC(=O)NC1=O)[C@H](S)[C@@H](C)SC1CC(=O)NC1=O. The first-order chi connectivity index (χ1) is 10.8. The Balaban J connectivity index is 1.92. The van der Waals surface area contributed by atoms with Crippen LogP contribution in [0.25, 0.3) is 0 Å². The van der Waals surface area contributed by atoms with Crippen LogP contribution in [0.1, 0.15) is 33.1 Å². The highest BCUT2D eigenvalue weighted by molar-refractivity contribution is 8.03. The highest BCUT2D eigenvalue weighted by Gasteiger charge is 2.38. The van der Waals surface area contributed by atoms with Gasteiger partial charge in [-0.1, -0.05) is 13.8 Å². The maximum Gasteiger partial charge on any atom is 0.240 e. The van der Waals surface area contributed by atoms with E-state index in [4.69, 9.17) is 0 Å². The van der Waals surface area contributed by atoms with Crippen molar-refractivity contribution in [1.29, 1.82) is 0 Å². The third-order valence-electron chi connectivity index (χ3n) is 3.83. The molecule has 0 aromatic heterocycles. The van der Waals surface area contributed by atoms with E-state index in [2.05, 4.69) is 23.3 Å². The minimum atomic E-state index is -0.369. The molecule has 2 rings (SSSR count). The molecule has 4 amide bonds. The topological polar surface area (TPSA) is 92.3 Å². The van der Waals surface area contributed by atoms with Gasteiger partial charge in [0, 0.05) is 28.6 Å². The lowest BCUT2D eigenvalue weighted by Gasteiger charge is -2.28. The van der Waals surface area contributed by atoms with Crippen molar-refractivity contribution in [3.05, 3.63) is 0 Å². The number of thiol groups is 1. The van der Waals surface area contributed by atoms with Crippen LogP contribution in [-0.2, 0) is 19.2 Å². The van der Waals surface area contributed by atoms with Crippen molar-refractivity contribution < 1.29 is 19.2 Å². The quantitative estimate of drug-likeness (QED) is 0.449. The Bertz CT molecular complexity index is 528. The number of thioether (sulfide) groups is 2. The van der Waals surface area contributed by atoms with Gasteiger partial charge in [0.1, 0.15) is 0 Å². The summed E-state index contributed by atoms with van der Waals surface area (Å²) in [6.07, 6.45) is 1.22. The van der Waals surface area contributed by atoms with E-state index in [0.29, 0.717) is 0 Å². The fourth-order valence-corrected chi connectivity index (χ4v) is 6.02. The average molecular weight is 377 g/mol. The molecule has 5 atom stereocenters. The van der Waals surface area contributed by atoms with E-state index >= 15 is 0 Å². The summed E-state index contributed by atoms with van der Waals surface area (Å²) in [5, 5.41) is 3.96. The van der Waals surface area contributed by atoms with Gasteiger partial charge in [-0.25, -0.2) is 0 Å². The second kappa shape index (κ2) is 7.94. The predicted octanol–water partition coefficient (Wildman–Crippen LogP) is 0.748. The average Bonchev–Trinajstić information content (AvgIpc) is 2.96. The number of carbonyl (C=O) groups is 4. The second-order valence-corrected chi connectivity index (χ2v) is 9.25. The van der Waals surface area contributed by atoms with Gasteiger partial charge in [-0.05, 0) is 6.42 Å². The van der Waals surface area contributed by atoms with Crippen LogP contribution in [0, 0.1) is 0 Å². The van der Waals surface area contributed by atoms with Gasteiger partial charge in [-0.2, -0.15) is 12.6 Å². The Morgan fingerprint density at radius 2 is 1.52 bits per heavy atom. The molecule has 2 aliphatic rings. The van der Waals surface area contributed by atoms with Gasteiger partial charge in [-0.3, -0.25) is 29.8 Å². The minimum absolute atomic E-state index is 0.0394. The Morgan fingerprint density at radius 3 is 1.91 bits per heavy atom. The normalized spacial score (nSPS) is 28.5. The van der Waals surface area contributed by atoms with Crippen LogP contribution >= 0.6 is 36.2 Å². The lowest BCUT2D eigenvalue weighted by Crippen LogP contribution is -2.32. The minimum Gasteiger partial charge on any atom is -0.295 e. The van der Waals surface area contributed by atoms with Crippen molar-refractivity contribution in [3.8, 4) is 0 Å². The summed E-state index contributed by atoms with van der Waals surface area (Å²) in [5.74, 6) is -0.950. The smallest absolute Gasteiger partial charge is 0.240 e. The van der Waals surface area contributed by atoms with Gasteiger partial charge in [0.05, 0.1) is 10.5 Å². The summed E-state index contributed by atoms with van der Waals surface area (Å²) in [7, 11) is 0. The molecule has 0 aromatic rings. The number of amides is 4. The van der Waals surface area contributed by atoms with Gasteiger partial charge in [0.15, 0.2) is 0 Å². The Hall–Kier alpha value is -0.670. The highest BCUT2D eigenvalue weighted by Crippen LogP contribution is 2.36. The molecule has 6 nitrogen and oxygen atoms in total. The number of nitrogens with one attached hydrogen (secondary N) is 2. The first-order valence-electron chi connectivity index (χ1n) is 7.48. The van der Waals surface area contributed by atoms with E-state index in [1.807, 2.05) is 13.8 Å². The van der Waals surface area contributed by atoms with Crippen LogP contribution in [0.4, 0.5) is 0 Å². The lowest BCUT2D eigenvalue weighted by molar-refractivity contribution is -0.126. The Labute approximate surface area is 149 Å². The molecule has 2 aliphatic heterocycles. The first-order valence-corrected chi connectivity index (χ1v) is 9.88. The standard InChI is InChI=1S/C14H20N2O4S3/c1-3-7(23-9-5-11(18)16-14(9)20)12(21)6(2)22-8-4-10(17)15-13(8)19/h6-9,12,21H,3-5H2,1-2H3,(H,15,17,19)(H,16,18,20)/t6-,7+,8?,9?,12-/m1/s1. The van der Waals surface area contributed by atoms with E-state index in [0.717, 1.165) is 6.42 Å². The van der Waals surface area contributed by atoms with Crippen molar-refractivity contribution in [2.24, 2.45) is 0 Å². The maximum atomic E-state index is 11.7. The number of hydrogen-bond acceptors (Lipinski definition) is 7. The number of imide groups is 2. The second-order valence-electron chi connectivity index (χ2n) is 5.62. The van der Waals surface area contributed by atoms with Gasteiger partial charge in [-0.15, -0.1) is 23.5 Å². The van der Waals surface area contributed by atoms with E-state index in [1.165, 1.54) is 23.5 Å². The van der Waals surface area contributed by atoms with Crippen molar-refractivity contribution in [1.82, 2.24) is 10.6 Å². The molecular formula is C14H20N2O4S3. The zero-order chi connectivity index (χ0) is 17.1. The molecule has 128 valence electrons. The van der Waals surface area contributed by atoms with E-state index in [1.54, 1.807) is 0 Å². The molecule has 0 radical (unpaired) electrons. The molecule has 2 heterocycles. The molecule has 2 saturated heterocycles. The summed E-state index contributed by atoms with van der Waals surface area (Å²) >= 11 is 7.58. The monoisotopic (exact) mass is 376 g/mol. The largest absolute Gasteiger partial charge is 0.295 e. The maximum absolute atomic E-state index is 11.7. The summed E-state index contributed by atoms with van der Waals surface area (Å²) < 4.78 is 0. The molecule has 2 N–H and O–H groups in total. The molecular weight excluding hydrogens is 356 g/mol. The van der Waals surface area contributed by atoms with E-state index in [-0.39, 0.29) is 62.7 Å². The lowest BCUT2D eigenvalue weighted by atomic mass is 10.2. The molecule has 0 saturated carbocycles. The molecule has 2 fully saturated rings. The van der Waals surface area contributed by atoms with Crippen molar-refractivity contribution in [2.45, 2.75) is 59.4 Å². The molecule has 0 bridgehead atoms. The fourth-order valence-electron chi connectivity index (χ4n) is 2.55.